The molecule has 1 heterocycles. The molecule has 0 aromatic heterocycles. The first-order valence-corrected chi connectivity index (χ1v) is 10.8. The Labute approximate surface area is 180 Å². The smallest absolute Gasteiger partial charge is 0.338 e. The van der Waals surface area contributed by atoms with Crippen molar-refractivity contribution in [3.63, 3.8) is 0 Å². The van der Waals surface area contributed by atoms with Gasteiger partial charge in [-0.2, -0.15) is 0 Å². The molecule has 1 aliphatic heterocycles. The molecule has 1 aromatic carbocycles. The first-order chi connectivity index (χ1) is 14.5. The number of benzene rings is 1. The molecule has 1 saturated heterocycles. The highest BCUT2D eigenvalue weighted by atomic mass is 16.5. The Morgan fingerprint density at radius 1 is 1.30 bits per heavy atom. The predicted octanol–water partition coefficient (Wildman–Crippen LogP) is 3.75. The molecule has 1 aromatic rings. The first-order valence-electron chi connectivity index (χ1n) is 10.8. The number of carbonyl (C=O) groups is 2. The van der Waals surface area contributed by atoms with Gasteiger partial charge >= 0.3 is 5.97 Å². The molecule has 3 atom stereocenters. The van der Waals surface area contributed by atoms with Crippen molar-refractivity contribution in [2.75, 3.05) is 13.2 Å². The number of nitrogens with zero attached hydrogens (tertiary/aromatic N) is 1. The van der Waals surface area contributed by atoms with Crippen LogP contribution in [0.3, 0.4) is 0 Å². The van der Waals surface area contributed by atoms with Crippen molar-refractivity contribution in [3.05, 3.63) is 47.5 Å². The molecule has 1 N–H and O–H groups in total. The molecule has 0 radical (unpaired) electrons. The predicted molar refractivity (Wildman–Crippen MR) is 118 cm³/mol. The second-order valence-electron chi connectivity index (χ2n) is 7.62. The van der Waals surface area contributed by atoms with Crippen molar-refractivity contribution < 1.29 is 19.4 Å². The molecular formula is C25H33NO4. The van der Waals surface area contributed by atoms with Crippen molar-refractivity contribution in [2.24, 2.45) is 5.92 Å². The van der Waals surface area contributed by atoms with Crippen molar-refractivity contribution in [1.82, 2.24) is 4.90 Å². The third-order valence-corrected chi connectivity index (χ3v) is 5.32. The Morgan fingerprint density at radius 3 is 2.70 bits per heavy atom. The maximum Gasteiger partial charge on any atom is 0.338 e. The minimum atomic E-state index is -0.566. The fraction of sp³-hybridized carbons (Fsp3) is 0.520. The summed E-state index contributed by atoms with van der Waals surface area (Å²) in [5.41, 5.74) is 1.60. The van der Waals surface area contributed by atoms with Gasteiger partial charge in [-0.3, -0.25) is 4.79 Å². The van der Waals surface area contributed by atoms with E-state index in [0.29, 0.717) is 38.0 Å². The Kier molecular flexibility index (Phi) is 9.63. The van der Waals surface area contributed by atoms with E-state index in [1.807, 2.05) is 43.0 Å². The average molecular weight is 412 g/mol. The van der Waals surface area contributed by atoms with Gasteiger partial charge < -0.3 is 14.7 Å². The molecule has 30 heavy (non-hydrogen) atoms. The minimum absolute atomic E-state index is 0.0138. The maximum absolute atomic E-state index is 12.3. The Hall–Kier alpha value is -2.58. The zero-order chi connectivity index (χ0) is 21.9. The molecule has 1 amide bonds. The fourth-order valence-electron chi connectivity index (χ4n) is 3.43. The van der Waals surface area contributed by atoms with E-state index in [9.17, 15) is 14.7 Å². The molecule has 0 aliphatic carbocycles. The van der Waals surface area contributed by atoms with E-state index in [2.05, 4.69) is 11.8 Å². The lowest BCUT2D eigenvalue weighted by atomic mass is 10.00. The van der Waals surface area contributed by atoms with Gasteiger partial charge in [0, 0.05) is 25.8 Å². The molecule has 1 aliphatic rings. The van der Waals surface area contributed by atoms with Crippen LogP contribution in [0.25, 0.3) is 0 Å². The van der Waals surface area contributed by atoms with Crippen LogP contribution in [-0.4, -0.2) is 47.2 Å². The van der Waals surface area contributed by atoms with Crippen molar-refractivity contribution in [3.8, 4) is 11.8 Å². The highest BCUT2D eigenvalue weighted by Gasteiger charge is 2.28. The highest BCUT2D eigenvalue weighted by Crippen LogP contribution is 2.21. The third-order valence-electron chi connectivity index (χ3n) is 5.32. The number of aliphatic hydroxyl groups is 1. The van der Waals surface area contributed by atoms with Gasteiger partial charge in [-0.1, -0.05) is 38.1 Å². The normalized spacial score (nSPS) is 18.2. The Balaban J connectivity index is 1.91. The van der Waals surface area contributed by atoms with Crippen molar-refractivity contribution in [1.29, 1.82) is 0 Å². The maximum atomic E-state index is 12.3. The van der Waals surface area contributed by atoms with Gasteiger partial charge in [-0.05, 0) is 43.4 Å². The number of hydrogen-bond donors (Lipinski definition) is 1. The summed E-state index contributed by atoms with van der Waals surface area (Å²) in [5.74, 6) is 5.99. The summed E-state index contributed by atoms with van der Waals surface area (Å²) in [6.07, 6.45) is 6.70. The van der Waals surface area contributed by atoms with Crippen LogP contribution >= 0.6 is 0 Å². The van der Waals surface area contributed by atoms with Crippen LogP contribution in [-0.2, 0) is 16.0 Å². The summed E-state index contributed by atoms with van der Waals surface area (Å²) in [5, 5.41) is 10.4. The molecule has 0 saturated carbocycles. The Morgan fingerprint density at radius 2 is 2.03 bits per heavy atom. The molecule has 5 heteroatoms. The second kappa shape index (κ2) is 12.2. The standard InChI is InChI=1S/C25H33NO4/c1-4-6-7-8-19(3)23(27)15-13-22-14-16-24(28)26(22)18-17-20-9-11-21(12-10-20)25(29)30-5-2/h9-13,15,19,22-23,27H,4-5,8,14,16-18H2,1-3H3/b15-13+/t19-,22-,23?/m0/s1. The van der Waals surface area contributed by atoms with E-state index < -0.39 is 6.10 Å². The number of rotatable bonds is 9. The van der Waals surface area contributed by atoms with Crippen LogP contribution in [0.15, 0.2) is 36.4 Å². The molecule has 162 valence electrons. The van der Waals surface area contributed by atoms with Gasteiger partial charge in [0.1, 0.15) is 0 Å². The van der Waals surface area contributed by atoms with E-state index in [0.717, 1.165) is 18.4 Å². The number of amides is 1. The summed E-state index contributed by atoms with van der Waals surface area (Å²) < 4.78 is 5.00. The largest absolute Gasteiger partial charge is 0.462 e. The number of carbonyl (C=O) groups excluding carboxylic acids is 2. The van der Waals surface area contributed by atoms with Gasteiger partial charge in [-0.25, -0.2) is 4.79 Å². The monoisotopic (exact) mass is 411 g/mol. The Bertz CT molecular complexity index is 788. The summed E-state index contributed by atoms with van der Waals surface area (Å²) in [4.78, 5) is 26.0. The van der Waals surface area contributed by atoms with Crippen molar-refractivity contribution >= 4 is 11.9 Å². The lowest BCUT2D eigenvalue weighted by molar-refractivity contribution is -0.128. The molecule has 0 spiro atoms. The molecule has 1 fully saturated rings. The number of hydrogen-bond acceptors (Lipinski definition) is 4. The number of esters is 1. The first kappa shape index (κ1) is 23.7. The molecule has 1 unspecified atom stereocenters. The number of likely N-dealkylation sites (tertiary alicyclic amines) is 1. The molecule has 5 nitrogen and oxygen atoms in total. The zero-order valence-electron chi connectivity index (χ0n) is 18.3. The van der Waals surface area contributed by atoms with Crippen LogP contribution in [0.2, 0.25) is 0 Å². The van der Waals surface area contributed by atoms with E-state index in [1.54, 1.807) is 19.1 Å². The van der Waals surface area contributed by atoms with Gasteiger partial charge in [0.05, 0.1) is 24.3 Å². The van der Waals surface area contributed by atoms with Gasteiger partial charge in [0.15, 0.2) is 0 Å². The van der Waals surface area contributed by atoms with Crippen molar-refractivity contribution in [2.45, 2.75) is 65.0 Å². The lowest BCUT2D eigenvalue weighted by Gasteiger charge is -2.23. The van der Waals surface area contributed by atoms with Crippen LogP contribution in [0.5, 0.6) is 0 Å². The van der Waals surface area contributed by atoms with E-state index in [1.165, 1.54) is 0 Å². The summed E-state index contributed by atoms with van der Waals surface area (Å²) in [6, 6.07) is 7.34. The quantitative estimate of drug-likeness (QED) is 0.382. The molecule has 2 rings (SSSR count). The summed E-state index contributed by atoms with van der Waals surface area (Å²) in [7, 11) is 0. The summed E-state index contributed by atoms with van der Waals surface area (Å²) >= 11 is 0. The number of aliphatic hydroxyl groups excluding tert-OH is 1. The van der Waals surface area contributed by atoms with Crippen LogP contribution in [0, 0.1) is 17.8 Å². The number of ether oxygens (including phenoxy) is 1. The minimum Gasteiger partial charge on any atom is -0.462 e. The average Bonchev–Trinajstić information content (AvgIpc) is 3.10. The molecular weight excluding hydrogens is 378 g/mol. The van der Waals surface area contributed by atoms with Gasteiger partial charge in [0.25, 0.3) is 0 Å². The fourth-order valence-corrected chi connectivity index (χ4v) is 3.43. The topological polar surface area (TPSA) is 66.8 Å². The second-order valence-corrected chi connectivity index (χ2v) is 7.62. The lowest BCUT2D eigenvalue weighted by Crippen LogP contribution is -2.34. The van der Waals surface area contributed by atoms with Crippen LogP contribution in [0.1, 0.15) is 62.4 Å². The van der Waals surface area contributed by atoms with Crippen LogP contribution < -0.4 is 0 Å². The third kappa shape index (κ3) is 7.03. The molecule has 0 bridgehead atoms. The van der Waals surface area contributed by atoms with Gasteiger partial charge in [-0.15, -0.1) is 11.8 Å². The SMILES string of the molecule is CCC#CC[C@H](C)C(O)/C=C/[C@H]1CCC(=O)N1CCc1ccc(C(=O)OCC)cc1. The van der Waals surface area contributed by atoms with Gasteiger partial charge in [0.2, 0.25) is 5.91 Å². The summed E-state index contributed by atoms with van der Waals surface area (Å²) in [6.45, 7) is 6.74. The van der Waals surface area contributed by atoms with E-state index in [-0.39, 0.29) is 23.8 Å². The van der Waals surface area contributed by atoms with E-state index in [4.69, 9.17) is 4.74 Å². The highest BCUT2D eigenvalue weighted by molar-refractivity contribution is 5.89. The zero-order valence-corrected chi connectivity index (χ0v) is 18.3. The van der Waals surface area contributed by atoms with Crippen LogP contribution in [0.4, 0.5) is 0 Å². The van der Waals surface area contributed by atoms with E-state index >= 15 is 0 Å².